The normalized spacial score (nSPS) is 17.3. The average Bonchev–Trinajstić information content (AvgIpc) is 3.18. The Kier molecular flexibility index (Phi) is 4.64. The monoisotopic (exact) mass is 272 g/mol. The van der Waals surface area contributed by atoms with Crippen LogP contribution in [0.2, 0.25) is 0 Å². The van der Waals surface area contributed by atoms with E-state index in [-0.39, 0.29) is 17.5 Å². The number of benzene rings is 1. The van der Waals surface area contributed by atoms with Crippen LogP contribution in [0.5, 0.6) is 0 Å². The van der Waals surface area contributed by atoms with E-state index in [1.165, 1.54) is 12.5 Å². The van der Waals surface area contributed by atoms with Gasteiger partial charge in [0.25, 0.3) is 0 Å². The van der Waals surface area contributed by atoms with Crippen LogP contribution in [0, 0.1) is 5.41 Å². The molecule has 0 heterocycles. The fourth-order valence-electron chi connectivity index (χ4n) is 2.95. The molecule has 1 saturated carbocycles. The summed E-state index contributed by atoms with van der Waals surface area (Å²) in [6.07, 6.45) is 5.03. The van der Waals surface area contributed by atoms with Crippen molar-refractivity contribution in [3.63, 3.8) is 0 Å². The van der Waals surface area contributed by atoms with Crippen LogP contribution >= 0.6 is 0 Å². The molecule has 0 amide bonds. The van der Waals surface area contributed by atoms with E-state index < -0.39 is 0 Å². The first-order valence-corrected chi connectivity index (χ1v) is 7.46. The third-order valence-electron chi connectivity index (χ3n) is 4.07. The van der Waals surface area contributed by atoms with Crippen molar-refractivity contribution in [1.29, 1.82) is 0 Å². The summed E-state index contributed by atoms with van der Waals surface area (Å²) in [7, 11) is 0. The van der Waals surface area contributed by atoms with Gasteiger partial charge in [0, 0.05) is 12.3 Å². The van der Waals surface area contributed by atoms with E-state index in [1.807, 2.05) is 6.07 Å². The lowest BCUT2D eigenvalue weighted by atomic mass is 9.85. The van der Waals surface area contributed by atoms with Crippen LogP contribution in [0.4, 0.5) is 0 Å². The molecule has 1 aliphatic carbocycles. The third kappa shape index (κ3) is 3.50. The lowest BCUT2D eigenvalue weighted by Crippen LogP contribution is -2.31. The Labute approximate surface area is 121 Å². The molecule has 0 spiro atoms. The van der Waals surface area contributed by atoms with Crippen LogP contribution < -0.4 is 0 Å². The van der Waals surface area contributed by atoms with E-state index >= 15 is 0 Å². The van der Waals surface area contributed by atoms with Crippen LogP contribution in [0.15, 0.2) is 42.5 Å². The minimum Gasteiger partial charge on any atom is -0.457 e. The summed E-state index contributed by atoms with van der Waals surface area (Å²) in [5, 5.41) is 0. The van der Waals surface area contributed by atoms with Crippen LogP contribution in [-0.2, 0) is 16.0 Å². The molecule has 1 atom stereocenters. The Morgan fingerprint density at radius 3 is 2.50 bits per heavy atom. The van der Waals surface area contributed by atoms with Gasteiger partial charge in [0.15, 0.2) is 0 Å². The lowest BCUT2D eigenvalue weighted by molar-refractivity contribution is -0.147. The van der Waals surface area contributed by atoms with Gasteiger partial charge in [0.05, 0.1) is 0 Å². The van der Waals surface area contributed by atoms with Crippen molar-refractivity contribution >= 4 is 5.97 Å². The van der Waals surface area contributed by atoms with Gasteiger partial charge in [0.1, 0.15) is 6.10 Å². The first kappa shape index (κ1) is 14.8. The minimum absolute atomic E-state index is 0.0826. The molecule has 2 nitrogen and oxygen atoms in total. The molecule has 0 bridgehead atoms. The van der Waals surface area contributed by atoms with Crippen molar-refractivity contribution in [1.82, 2.24) is 0 Å². The van der Waals surface area contributed by atoms with Crippen LogP contribution in [-0.4, -0.2) is 12.1 Å². The van der Waals surface area contributed by atoms with Crippen LogP contribution in [0.3, 0.4) is 0 Å². The first-order valence-electron chi connectivity index (χ1n) is 7.46. The van der Waals surface area contributed by atoms with Crippen LogP contribution in [0.1, 0.15) is 45.1 Å². The van der Waals surface area contributed by atoms with Crippen molar-refractivity contribution in [2.24, 2.45) is 5.41 Å². The fraction of sp³-hybridized carbons (Fsp3) is 0.500. The molecule has 1 aromatic carbocycles. The maximum atomic E-state index is 11.4. The predicted molar refractivity (Wildman–Crippen MR) is 81.4 cm³/mol. The summed E-state index contributed by atoms with van der Waals surface area (Å²) >= 11 is 0. The molecule has 1 unspecified atom stereocenters. The minimum atomic E-state index is -0.202. The van der Waals surface area contributed by atoms with Crippen molar-refractivity contribution in [3.8, 4) is 0 Å². The second-order valence-corrected chi connectivity index (χ2v) is 5.92. The molecule has 0 aromatic heterocycles. The highest BCUT2D eigenvalue weighted by molar-refractivity contribution is 5.66. The lowest BCUT2D eigenvalue weighted by Gasteiger charge is -2.28. The van der Waals surface area contributed by atoms with Crippen molar-refractivity contribution in [2.45, 2.75) is 52.1 Å². The van der Waals surface area contributed by atoms with Gasteiger partial charge in [-0.05, 0) is 36.8 Å². The predicted octanol–water partition coefficient (Wildman–Crippen LogP) is 4.30. The summed E-state index contributed by atoms with van der Waals surface area (Å²) in [5.41, 5.74) is 2.46. The molecular formula is C18H24O2. The van der Waals surface area contributed by atoms with E-state index in [0.717, 1.165) is 37.7 Å². The van der Waals surface area contributed by atoms with Crippen LogP contribution in [0.25, 0.3) is 0 Å². The highest BCUT2D eigenvalue weighted by atomic mass is 16.5. The number of hydrogen-bond acceptors (Lipinski definition) is 2. The zero-order valence-corrected chi connectivity index (χ0v) is 12.5. The standard InChI is InChI=1S/C18H24O2/c1-4-8-14(2)17(20-15(3)19)18(11-12-18)13-16-9-6-5-7-10-16/h5-7,9-10,17H,2,4,8,11-13H2,1,3H3. The second kappa shape index (κ2) is 6.25. The van der Waals surface area contributed by atoms with Gasteiger partial charge in [-0.3, -0.25) is 4.79 Å². The van der Waals surface area contributed by atoms with E-state index in [2.05, 4.69) is 37.8 Å². The molecule has 108 valence electrons. The van der Waals surface area contributed by atoms with Gasteiger partial charge in [-0.15, -0.1) is 0 Å². The SMILES string of the molecule is C=C(CCC)C(OC(C)=O)C1(Cc2ccccc2)CC1. The quantitative estimate of drug-likeness (QED) is 0.546. The fourth-order valence-corrected chi connectivity index (χ4v) is 2.95. The highest BCUT2D eigenvalue weighted by Gasteiger charge is 2.51. The topological polar surface area (TPSA) is 26.3 Å². The number of carbonyl (C=O) groups excluding carboxylic acids is 1. The number of ether oxygens (including phenoxy) is 1. The summed E-state index contributed by atoms with van der Waals surface area (Å²) in [6.45, 7) is 7.79. The summed E-state index contributed by atoms with van der Waals surface area (Å²) in [6, 6.07) is 10.4. The van der Waals surface area contributed by atoms with Gasteiger partial charge in [-0.2, -0.15) is 0 Å². The van der Waals surface area contributed by atoms with Crippen molar-refractivity contribution < 1.29 is 9.53 Å². The molecule has 1 fully saturated rings. The number of esters is 1. The van der Waals surface area contributed by atoms with Gasteiger partial charge < -0.3 is 4.74 Å². The van der Waals surface area contributed by atoms with E-state index in [1.54, 1.807) is 0 Å². The molecule has 2 rings (SSSR count). The maximum absolute atomic E-state index is 11.4. The summed E-state index contributed by atoms with van der Waals surface area (Å²) < 4.78 is 5.63. The number of carbonyl (C=O) groups is 1. The van der Waals surface area contributed by atoms with E-state index in [4.69, 9.17) is 4.74 Å². The van der Waals surface area contributed by atoms with Crippen molar-refractivity contribution in [3.05, 3.63) is 48.0 Å². The molecule has 2 heteroatoms. The van der Waals surface area contributed by atoms with Gasteiger partial charge >= 0.3 is 5.97 Å². The highest BCUT2D eigenvalue weighted by Crippen LogP contribution is 2.54. The number of hydrogen-bond donors (Lipinski definition) is 0. The molecule has 0 aliphatic heterocycles. The zero-order valence-electron chi connectivity index (χ0n) is 12.5. The Hall–Kier alpha value is -1.57. The summed E-state index contributed by atoms with van der Waals surface area (Å²) in [4.78, 5) is 11.4. The molecule has 0 saturated heterocycles. The molecule has 1 aromatic rings. The smallest absolute Gasteiger partial charge is 0.303 e. The molecule has 0 N–H and O–H groups in total. The molecule has 20 heavy (non-hydrogen) atoms. The zero-order chi connectivity index (χ0) is 14.6. The first-order chi connectivity index (χ1) is 9.57. The van der Waals surface area contributed by atoms with Gasteiger partial charge in [-0.25, -0.2) is 0 Å². The Bertz CT molecular complexity index is 471. The Morgan fingerprint density at radius 1 is 1.35 bits per heavy atom. The van der Waals surface area contributed by atoms with E-state index in [0.29, 0.717) is 0 Å². The second-order valence-electron chi connectivity index (χ2n) is 5.92. The number of rotatable bonds is 7. The van der Waals surface area contributed by atoms with Crippen molar-refractivity contribution in [2.75, 3.05) is 0 Å². The van der Waals surface area contributed by atoms with Gasteiger partial charge in [0.2, 0.25) is 0 Å². The Balaban J connectivity index is 2.14. The summed E-state index contributed by atoms with van der Waals surface area (Å²) in [5.74, 6) is -0.202. The Morgan fingerprint density at radius 2 is 2.00 bits per heavy atom. The molecule has 0 radical (unpaired) electrons. The maximum Gasteiger partial charge on any atom is 0.303 e. The largest absolute Gasteiger partial charge is 0.457 e. The van der Waals surface area contributed by atoms with Gasteiger partial charge in [-0.1, -0.05) is 50.3 Å². The average molecular weight is 272 g/mol. The third-order valence-corrected chi connectivity index (χ3v) is 4.07. The molecular weight excluding hydrogens is 248 g/mol. The molecule has 1 aliphatic rings. The van der Waals surface area contributed by atoms with E-state index in [9.17, 15) is 4.79 Å².